The molecular weight excluding hydrogens is 264 g/mol. The van der Waals surface area contributed by atoms with Crippen LogP contribution in [-0.4, -0.2) is 35.3 Å². The van der Waals surface area contributed by atoms with Gasteiger partial charge >= 0.3 is 0 Å². The summed E-state index contributed by atoms with van der Waals surface area (Å²) in [6.45, 7) is 10.9. The fraction of sp³-hybridized carbons (Fsp3) is 0.562. The van der Waals surface area contributed by atoms with Crippen LogP contribution in [0.1, 0.15) is 45.1 Å². The van der Waals surface area contributed by atoms with E-state index in [-0.39, 0.29) is 0 Å². The molecule has 0 saturated carbocycles. The number of nitrogens with zero attached hydrogens (tertiary/aromatic N) is 2. The molecule has 2 N–H and O–H groups in total. The molecule has 0 saturated heterocycles. The molecule has 0 amide bonds. The number of H-pyrrole nitrogens is 1. The first-order chi connectivity index (χ1) is 10.3. The molecule has 0 radical (unpaired) electrons. The van der Waals surface area contributed by atoms with Gasteiger partial charge in [0.1, 0.15) is 12.3 Å². The number of nitrogens with one attached hydrogen (secondary N) is 2. The third-order valence-corrected chi connectivity index (χ3v) is 2.97. The van der Waals surface area contributed by atoms with Crippen molar-refractivity contribution in [1.82, 2.24) is 20.7 Å². The maximum Gasteiger partial charge on any atom is 0.115 e. The van der Waals surface area contributed by atoms with Gasteiger partial charge in [-0.3, -0.25) is 5.10 Å². The number of aromatic amines is 1. The number of aromatic nitrogens is 3. The molecule has 0 aliphatic carbocycles. The third-order valence-electron chi connectivity index (χ3n) is 2.97. The van der Waals surface area contributed by atoms with Crippen LogP contribution in [0.2, 0.25) is 0 Å². The van der Waals surface area contributed by atoms with Crippen LogP contribution in [0.25, 0.3) is 11.0 Å². The first kappa shape index (κ1) is 19.2. The third kappa shape index (κ3) is 8.19. The molecule has 0 atom stereocenters. The lowest BCUT2D eigenvalue weighted by atomic mass is 10.2. The van der Waals surface area contributed by atoms with Gasteiger partial charge in [-0.2, -0.15) is 0 Å². The molecular formula is C16H28N4O. The van der Waals surface area contributed by atoms with Crippen LogP contribution in [0.15, 0.2) is 18.2 Å². The lowest BCUT2D eigenvalue weighted by Gasteiger charge is -1.99. The van der Waals surface area contributed by atoms with Crippen molar-refractivity contribution in [3.05, 3.63) is 23.8 Å². The van der Waals surface area contributed by atoms with Crippen LogP contribution in [-0.2, 0) is 4.79 Å². The van der Waals surface area contributed by atoms with Gasteiger partial charge in [-0.25, -0.2) is 0 Å². The molecule has 1 heterocycles. The maximum atomic E-state index is 8.00. The summed E-state index contributed by atoms with van der Waals surface area (Å²) in [5.41, 5.74) is 3.12. The highest BCUT2D eigenvalue weighted by Gasteiger charge is 1.96. The highest BCUT2D eigenvalue weighted by molar-refractivity contribution is 5.76. The zero-order valence-corrected chi connectivity index (χ0v) is 13.5. The Hall–Kier alpha value is -1.75. The summed E-state index contributed by atoms with van der Waals surface area (Å²) in [6.07, 6.45) is 5.26. The van der Waals surface area contributed by atoms with Gasteiger partial charge in [-0.15, -0.1) is 5.10 Å². The number of aryl methyl sites for hydroxylation is 1. The van der Waals surface area contributed by atoms with E-state index in [9.17, 15) is 0 Å². The molecule has 0 aliphatic rings. The van der Waals surface area contributed by atoms with Crippen molar-refractivity contribution in [3.63, 3.8) is 0 Å². The summed E-state index contributed by atoms with van der Waals surface area (Å²) >= 11 is 0. The highest BCUT2D eigenvalue weighted by atomic mass is 16.1. The Morgan fingerprint density at radius 3 is 2.29 bits per heavy atom. The van der Waals surface area contributed by atoms with Crippen molar-refractivity contribution in [2.75, 3.05) is 13.1 Å². The number of rotatable bonds is 6. The van der Waals surface area contributed by atoms with E-state index in [2.05, 4.69) is 34.6 Å². The highest BCUT2D eigenvalue weighted by Crippen LogP contribution is 2.10. The van der Waals surface area contributed by atoms with Crippen LogP contribution >= 0.6 is 0 Å². The van der Waals surface area contributed by atoms with Gasteiger partial charge < -0.3 is 10.1 Å². The van der Waals surface area contributed by atoms with Gasteiger partial charge in [0.15, 0.2) is 0 Å². The molecule has 1 aromatic heterocycles. The van der Waals surface area contributed by atoms with E-state index in [4.69, 9.17) is 4.79 Å². The standard InChI is InChI=1S/C8H19N.C7H7N3.CH2O/c1-3-5-7-9-8-6-4-2;1-5-3-2-4-6-7(5)9-10-8-6;1-2/h9H,3-8H2,1-2H3;2-4H,1H3,(H,8,9,10);1H2. The molecule has 0 fully saturated rings. The number of hydrogen-bond donors (Lipinski definition) is 2. The molecule has 0 spiro atoms. The monoisotopic (exact) mass is 292 g/mol. The van der Waals surface area contributed by atoms with Gasteiger partial charge in [0, 0.05) is 0 Å². The fourth-order valence-electron chi connectivity index (χ4n) is 1.74. The lowest BCUT2D eigenvalue weighted by Crippen LogP contribution is -2.15. The minimum atomic E-state index is 0.961. The second kappa shape index (κ2) is 13.2. The van der Waals surface area contributed by atoms with Gasteiger partial charge in [-0.05, 0) is 44.5 Å². The predicted octanol–water partition coefficient (Wildman–Crippen LogP) is 3.26. The molecule has 0 unspecified atom stereocenters. The van der Waals surface area contributed by atoms with Gasteiger partial charge in [0.2, 0.25) is 0 Å². The second-order valence-corrected chi connectivity index (χ2v) is 4.74. The Kier molecular flexibility index (Phi) is 12.1. The van der Waals surface area contributed by atoms with Crippen molar-refractivity contribution in [3.8, 4) is 0 Å². The van der Waals surface area contributed by atoms with Crippen LogP contribution in [0.4, 0.5) is 0 Å². The predicted molar refractivity (Wildman–Crippen MR) is 88.4 cm³/mol. The average molecular weight is 292 g/mol. The van der Waals surface area contributed by atoms with E-state index in [1.54, 1.807) is 0 Å². The van der Waals surface area contributed by atoms with E-state index < -0.39 is 0 Å². The molecule has 5 heteroatoms. The number of carbonyl (C=O) groups is 1. The van der Waals surface area contributed by atoms with E-state index in [0.29, 0.717) is 0 Å². The van der Waals surface area contributed by atoms with Gasteiger partial charge in [0.25, 0.3) is 0 Å². The van der Waals surface area contributed by atoms with Crippen molar-refractivity contribution in [2.45, 2.75) is 46.5 Å². The molecule has 0 bridgehead atoms. The number of unbranched alkanes of at least 4 members (excludes halogenated alkanes) is 2. The topological polar surface area (TPSA) is 70.7 Å². The van der Waals surface area contributed by atoms with Crippen molar-refractivity contribution in [1.29, 1.82) is 0 Å². The Balaban J connectivity index is 0.000000344. The number of hydrogen-bond acceptors (Lipinski definition) is 4. The zero-order chi connectivity index (χ0) is 15.9. The summed E-state index contributed by atoms with van der Waals surface area (Å²) in [5.74, 6) is 0. The Bertz CT molecular complexity index is 464. The second-order valence-electron chi connectivity index (χ2n) is 4.74. The number of fused-ring (bicyclic) bond motifs is 1. The zero-order valence-electron chi connectivity index (χ0n) is 13.5. The smallest absolute Gasteiger partial charge is 0.115 e. The van der Waals surface area contributed by atoms with Crippen molar-refractivity contribution < 1.29 is 4.79 Å². The van der Waals surface area contributed by atoms with Crippen molar-refractivity contribution >= 4 is 17.8 Å². The van der Waals surface area contributed by atoms with E-state index in [1.165, 1.54) is 38.8 Å². The molecule has 21 heavy (non-hydrogen) atoms. The molecule has 1 aromatic carbocycles. The summed E-state index contributed by atoms with van der Waals surface area (Å²) < 4.78 is 0. The lowest BCUT2D eigenvalue weighted by molar-refractivity contribution is -0.0979. The van der Waals surface area contributed by atoms with E-state index in [0.717, 1.165) is 16.6 Å². The quantitative estimate of drug-likeness (QED) is 0.802. The van der Waals surface area contributed by atoms with E-state index >= 15 is 0 Å². The summed E-state index contributed by atoms with van der Waals surface area (Å²) in [6, 6.07) is 5.96. The normalized spacial score (nSPS) is 9.48. The molecule has 2 rings (SSSR count). The average Bonchev–Trinajstić information content (AvgIpc) is 3.00. The first-order valence-electron chi connectivity index (χ1n) is 7.55. The Labute approximate surface area is 127 Å². The molecule has 0 aliphatic heterocycles. The largest absolute Gasteiger partial charge is 0.317 e. The van der Waals surface area contributed by atoms with Crippen LogP contribution in [0, 0.1) is 6.92 Å². The fourth-order valence-corrected chi connectivity index (χ4v) is 1.74. The van der Waals surface area contributed by atoms with Crippen molar-refractivity contribution in [2.24, 2.45) is 0 Å². The summed E-state index contributed by atoms with van der Waals surface area (Å²) in [7, 11) is 0. The Morgan fingerprint density at radius 1 is 1.14 bits per heavy atom. The van der Waals surface area contributed by atoms with Gasteiger partial charge in [0.05, 0.1) is 5.52 Å². The minimum absolute atomic E-state index is 0.961. The molecule has 118 valence electrons. The number of benzene rings is 1. The van der Waals surface area contributed by atoms with Gasteiger partial charge in [-0.1, -0.05) is 44.0 Å². The van der Waals surface area contributed by atoms with Crippen LogP contribution in [0.5, 0.6) is 0 Å². The summed E-state index contributed by atoms with van der Waals surface area (Å²) in [4.78, 5) is 8.00. The van der Waals surface area contributed by atoms with E-state index in [1.807, 2.05) is 31.9 Å². The first-order valence-corrected chi connectivity index (χ1v) is 7.55. The number of carbonyl (C=O) groups excluding carboxylic acids is 1. The minimum Gasteiger partial charge on any atom is -0.317 e. The molecule has 5 nitrogen and oxygen atoms in total. The summed E-state index contributed by atoms with van der Waals surface area (Å²) in [5, 5.41) is 13.8. The SMILES string of the molecule is C=O.CCCCNCCCC.Cc1cccc2[nH]nnc12. The molecule has 2 aromatic rings. The van der Waals surface area contributed by atoms with Crippen LogP contribution < -0.4 is 5.32 Å². The maximum absolute atomic E-state index is 8.00. The van der Waals surface area contributed by atoms with Crippen LogP contribution in [0.3, 0.4) is 0 Å². The Morgan fingerprint density at radius 2 is 1.76 bits per heavy atom.